The number of carboxylic acid groups (broad SMARTS) is 1. The van der Waals surface area contributed by atoms with Crippen LogP contribution < -0.4 is 10.6 Å². The fourth-order valence-corrected chi connectivity index (χ4v) is 5.31. The molecule has 2 aromatic carbocycles. The summed E-state index contributed by atoms with van der Waals surface area (Å²) in [7, 11) is 0. The van der Waals surface area contributed by atoms with Crippen LogP contribution in [-0.4, -0.2) is 42.3 Å². The molecule has 33 heavy (non-hydrogen) atoms. The van der Waals surface area contributed by atoms with Crippen molar-refractivity contribution in [1.29, 1.82) is 0 Å². The molecular weight excluding hydrogens is 420 g/mol. The highest BCUT2D eigenvalue weighted by Crippen LogP contribution is 2.44. The lowest BCUT2D eigenvalue weighted by atomic mass is 9.98. The number of aliphatic carboxylic acids is 1. The average molecular weight is 449 g/mol. The fourth-order valence-electron chi connectivity index (χ4n) is 5.31. The number of ether oxygens (including phenoxy) is 1. The van der Waals surface area contributed by atoms with Gasteiger partial charge in [-0.3, -0.25) is 9.59 Å². The second-order valence-corrected chi connectivity index (χ2v) is 9.36. The van der Waals surface area contributed by atoms with Gasteiger partial charge in [-0.25, -0.2) is 4.79 Å². The minimum absolute atomic E-state index is 0.0160. The van der Waals surface area contributed by atoms with Crippen molar-refractivity contribution in [3.63, 3.8) is 0 Å². The third-order valence-corrected chi connectivity index (χ3v) is 7.25. The molecule has 0 spiro atoms. The molecule has 7 nitrogen and oxygen atoms in total. The molecule has 0 unspecified atom stereocenters. The van der Waals surface area contributed by atoms with Gasteiger partial charge in [-0.1, -0.05) is 48.5 Å². The van der Waals surface area contributed by atoms with Crippen molar-refractivity contribution >= 4 is 18.0 Å². The van der Waals surface area contributed by atoms with Gasteiger partial charge in [0.1, 0.15) is 6.61 Å². The Bertz CT molecular complexity index is 1040. The molecule has 2 amide bonds. The molecule has 4 atom stereocenters. The number of amides is 2. The first kappa shape index (κ1) is 21.5. The zero-order valence-corrected chi connectivity index (χ0v) is 18.3. The van der Waals surface area contributed by atoms with Crippen molar-refractivity contribution < 1.29 is 24.2 Å². The zero-order valence-electron chi connectivity index (χ0n) is 18.3. The normalized spacial score (nSPS) is 25.1. The van der Waals surface area contributed by atoms with Crippen LogP contribution in [0, 0.1) is 17.8 Å². The second-order valence-electron chi connectivity index (χ2n) is 9.36. The van der Waals surface area contributed by atoms with Crippen molar-refractivity contribution in [3.05, 3.63) is 59.7 Å². The van der Waals surface area contributed by atoms with Crippen LogP contribution in [0.2, 0.25) is 0 Å². The van der Waals surface area contributed by atoms with Gasteiger partial charge in [-0.05, 0) is 53.9 Å². The molecule has 2 aromatic rings. The molecule has 172 valence electrons. The summed E-state index contributed by atoms with van der Waals surface area (Å²) < 4.78 is 5.61. The topological polar surface area (TPSA) is 105 Å². The van der Waals surface area contributed by atoms with Gasteiger partial charge in [-0.2, -0.15) is 0 Å². The molecule has 0 aliphatic heterocycles. The summed E-state index contributed by atoms with van der Waals surface area (Å²) in [5.74, 6) is -1.27. The molecule has 0 saturated heterocycles. The molecule has 2 saturated carbocycles. The van der Waals surface area contributed by atoms with Crippen LogP contribution in [-0.2, 0) is 14.3 Å². The van der Waals surface area contributed by atoms with Crippen molar-refractivity contribution in [2.24, 2.45) is 17.8 Å². The maximum atomic E-state index is 12.5. The molecular formula is C26H28N2O5. The Balaban J connectivity index is 1.09. The predicted octanol–water partition coefficient (Wildman–Crippen LogP) is 3.53. The fraction of sp³-hybridized carbons (Fsp3) is 0.423. The highest BCUT2D eigenvalue weighted by Gasteiger charge is 2.43. The summed E-state index contributed by atoms with van der Waals surface area (Å²) in [6, 6.07) is 16.3. The smallest absolute Gasteiger partial charge is 0.407 e. The molecule has 3 aliphatic carbocycles. The van der Waals surface area contributed by atoms with Crippen molar-refractivity contribution in [2.75, 3.05) is 13.2 Å². The Hall–Kier alpha value is -3.35. The van der Waals surface area contributed by atoms with E-state index in [0.717, 1.165) is 6.42 Å². The zero-order chi connectivity index (χ0) is 22.9. The summed E-state index contributed by atoms with van der Waals surface area (Å²) >= 11 is 0. The number of carbonyl (C=O) groups is 3. The monoisotopic (exact) mass is 448 g/mol. The molecule has 0 bridgehead atoms. The highest BCUT2D eigenvalue weighted by molar-refractivity contribution is 5.80. The Labute approximate surface area is 192 Å². The van der Waals surface area contributed by atoms with Crippen molar-refractivity contribution in [2.45, 2.75) is 37.6 Å². The van der Waals surface area contributed by atoms with Gasteiger partial charge in [0.15, 0.2) is 0 Å². The number of carboxylic acids is 1. The SMILES string of the molecule is O=C(N[C@H]1CC[C@@H](C(=O)NC[C@H]2C[C@H]2C(=O)O)C1)OCC1c2ccccc2-c2ccccc21. The van der Waals surface area contributed by atoms with Crippen LogP contribution in [0.4, 0.5) is 4.79 Å². The number of nitrogens with one attached hydrogen (secondary N) is 2. The van der Waals surface area contributed by atoms with E-state index in [1.165, 1.54) is 22.3 Å². The van der Waals surface area contributed by atoms with E-state index in [0.29, 0.717) is 25.8 Å². The van der Waals surface area contributed by atoms with E-state index < -0.39 is 12.1 Å². The van der Waals surface area contributed by atoms with Crippen LogP contribution in [0.3, 0.4) is 0 Å². The minimum atomic E-state index is -0.789. The molecule has 5 rings (SSSR count). The van der Waals surface area contributed by atoms with E-state index in [-0.39, 0.29) is 42.2 Å². The summed E-state index contributed by atoms with van der Waals surface area (Å²) in [5.41, 5.74) is 4.72. The van der Waals surface area contributed by atoms with E-state index in [1.807, 2.05) is 24.3 Å². The average Bonchev–Trinajstić information content (AvgIpc) is 3.35. The standard InChI is InChI=1S/C26H28N2O5/c29-24(27-13-16-12-22(16)25(30)31)15-9-10-17(11-15)28-26(32)33-14-23-20-7-3-1-5-18(20)19-6-2-4-8-21(19)23/h1-8,15-17,22-23H,9-14H2,(H,27,29)(H,28,32)(H,30,31)/t15-,16-,17+,22-/m1/s1. The molecule has 7 heteroatoms. The third-order valence-electron chi connectivity index (χ3n) is 7.25. The number of benzene rings is 2. The molecule has 3 N–H and O–H groups in total. The lowest BCUT2D eigenvalue weighted by Gasteiger charge is -2.17. The summed E-state index contributed by atoms with van der Waals surface area (Å²) in [5, 5.41) is 14.8. The summed E-state index contributed by atoms with van der Waals surface area (Å²) in [4.78, 5) is 35.8. The Morgan fingerprint density at radius 3 is 2.24 bits per heavy atom. The van der Waals surface area contributed by atoms with Crippen LogP contribution in [0.1, 0.15) is 42.7 Å². The van der Waals surface area contributed by atoms with Gasteiger partial charge in [0, 0.05) is 24.4 Å². The van der Waals surface area contributed by atoms with Gasteiger partial charge >= 0.3 is 12.1 Å². The second kappa shape index (κ2) is 8.89. The minimum Gasteiger partial charge on any atom is -0.481 e. The van der Waals surface area contributed by atoms with Crippen LogP contribution in [0.5, 0.6) is 0 Å². The number of alkyl carbamates (subject to hydrolysis) is 1. The molecule has 0 aromatic heterocycles. The summed E-state index contributed by atoms with van der Waals surface area (Å²) in [6.45, 7) is 0.680. The van der Waals surface area contributed by atoms with Gasteiger partial charge in [0.2, 0.25) is 5.91 Å². The number of fused-ring (bicyclic) bond motifs is 3. The number of carbonyl (C=O) groups excluding carboxylic acids is 2. The lowest BCUT2D eigenvalue weighted by molar-refractivity contribution is -0.139. The maximum absolute atomic E-state index is 12.5. The van der Waals surface area contributed by atoms with E-state index in [2.05, 4.69) is 34.9 Å². The highest BCUT2D eigenvalue weighted by atomic mass is 16.5. The quantitative estimate of drug-likeness (QED) is 0.601. The third kappa shape index (κ3) is 4.45. The first-order valence-electron chi connectivity index (χ1n) is 11.6. The van der Waals surface area contributed by atoms with Gasteiger partial charge in [-0.15, -0.1) is 0 Å². The van der Waals surface area contributed by atoms with Gasteiger partial charge < -0.3 is 20.5 Å². The maximum Gasteiger partial charge on any atom is 0.407 e. The van der Waals surface area contributed by atoms with Crippen LogP contribution in [0.15, 0.2) is 48.5 Å². The Kier molecular flexibility index (Phi) is 5.79. The predicted molar refractivity (Wildman–Crippen MR) is 122 cm³/mol. The first-order chi connectivity index (χ1) is 16.0. The molecule has 0 radical (unpaired) electrons. The van der Waals surface area contributed by atoms with E-state index in [9.17, 15) is 14.4 Å². The largest absolute Gasteiger partial charge is 0.481 e. The van der Waals surface area contributed by atoms with Crippen LogP contribution >= 0.6 is 0 Å². The van der Waals surface area contributed by atoms with Crippen LogP contribution in [0.25, 0.3) is 11.1 Å². The van der Waals surface area contributed by atoms with E-state index >= 15 is 0 Å². The van der Waals surface area contributed by atoms with E-state index in [1.54, 1.807) is 0 Å². The number of hydrogen-bond acceptors (Lipinski definition) is 4. The number of hydrogen-bond donors (Lipinski definition) is 3. The molecule has 3 aliphatic rings. The van der Waals surface area contributed by atoms with E-state index in [4.69, 9.17) is 9.84 Å². The van der Waals surface area contributed by atoms with Gasteiger partial charge in [0.05, 0.1) is 5.92 Å². The first-order valence-corrected chi connectivity index (χ1v) is 11.6. The molecule has 0 heterocycles. The lowest BCUT2D eigenvalue weighted by Crippen LogP contribution is -2.36. The molecule has 2 fully saturated rings. The Morgan fingerprint density at radius 2 is 1.61 bits per heavy atom. The Morgan fingerprint density at radius 1 is 0.939 bits per heavy atom. The van der Waals surface area contributed by atoms with Crippen molar-refractivity contribution in [1.82, 2.24) is 10.6 Å². The van der Waals surface area contributed by atoms with Gasteiger partial charge in [0.25, 0.3) is 0 Å². The number of rotatable bonds is 7. The summed E-state index contributed by atoms with van der Waals surface area (Å²) in [6.07, 6.45) is 2.18. The van der Waals surface area contributed by atoms with Crippen molar-refractivity contribution in [3.8, 4) is 11.1 Å².